The highest BCUT2D eigenvalue weighted by atomic mass is 32.2. The van der Waals surface area contributed by atoms with Crippen LogP contribution in [-0.4, -0.2) is 43.7 Å². The molecule has 1 aromatic heterocycles. The average molecular weight is 400 g/mol. The van der Waals surface area contributed by atoms with Gasteiger partial charge in [-0.1, -0.05) is 18.2 Å². The van der Waals surface area contributed by atoms with Gasteiger partial charge in [-0.15, -0.1) is 0 Å². The molecule has 2 rings (SSSR count). The summed E-state index contributed by atoms with van der Waals surface area (Å²) in [5, 5.41) is 2.68. The maximum absolute atomic E-state index is 13.7. The highest BCUT2D eigenvalue weighted by molar-refractivity contribution is 7.98. The summed E-state index contributed by atoms with van der Waals surface area (Å²) in [6.07, 6.45) is 2.60. The van der Waals surface area contributed by atoms with Crippen molar-refractivity contribution in [3.63, 3.8) is 0 Å². The molecule has 26 heavy (non-hydrogen) atoms. The van der Waals surface area contributed by atoms with Gasteiger partial charge < -0.3 is 9.73 Å². The number of amides is 1. The highest BCUT2D eigenvalue weighted by Gasteiger charge is 2.21. The Kier molecular flexibility index (Phi) is 7.67. The topological polar surface area (TPSA) is 79.6 Å². The Morgan fingerprint density at radius 3 is 2.69 bits per heavy atom. The molecule has 1 amide bonds. The van der Waals surface area contributed by atoms with Crippen molar-refractivity contribution in [2.24, 2.45) is 0 Å². The average Bonchev–Trinajstić information content (AvgIpc) is 3.08. The first-order valence-electron chi connectivity index (χ1n) is 7.91. The third-order valence-corrected chi connectivity index (χ3v) is 5.66. The molecule has 0 radical (unpaired) electrons. The largest absolute Gasteiger partial charge is 0.468 e. The van der Waals surface area contributed by atoms with Gasteiger partial charge in [-0.2, -0.15) is 16.1 Å². The number of sulfonamides is 1. The molecular formula is C17H21FN2O4S2. The lowest BCUT2D eigenvalue weighted by Gasteiger charge is -2.19. The van der Waals surface area contributed by atoms with Crippen molar-refractivity contribution in [1.29, 1.82) is 0 Å². The van der Waals surface area contributed by atoms with Crippen LogP contribution < -0.4 is 5.32 Å². The molecule has 0 aliphatic heterocycles. The Morgan fingerprint density at radius 1 is 1.27 bits per heavy atom. The number of nitrogens with zero attached hydrogens (tertiary/aromatic N) is 1. The van der Waals surface area contributed by atoms with Crippen molar-refractivity contribution in [2.45, 2.75) is 12.3 Å². The molecule has 1 aromatic carbocycles. The first-order valence-corrected chi connectivity index (χ1v) is 10.9. The molecule has 0 aliphatic rings. The maximum atomic E-state index is 13.7. The van der Waals surface area contributed by atoms with Crippen LogP contribution in [0.25, 0.3) is 0 Å². The van der Waals surface area contributed by atoms with Gasteiger partial charge in [0.05, 0.1) is 24.8 Å². The quantitative estimate of drug-likeness (QED) is 0.619. The molecule has 6 nitrogen and oxygen atoms in total. The van der Waals surface area contributed by atoms with E-state index in [1.165, 1.54) is 18.2 Å². The smallest absolute Gasteiger partial charge is 0.235 e. The van der Waals surface area contributed by atoms with Crippen molar-refractivity contribution in [3.8, 4) is 0 Å². The number of carbonyl (C=O) groups is 1. The van der Waals surface area contributed by atoms with E-state index in [0.717, 1.165) is 16.3 Å². The summed E-state index contributed by atoms with van der Waals surface area (Å²) in [7, 11) is -3.65. The Morgan fingerprint density at radius 2 is 2.04 bits per heavy atom. The molecule has 0 spiro atoms. The summed E-state index contributed by atoms with van der Waals surface area (Å²) < 4.78 is 43.7. The molecule has 0 unspecified atom stereocenters. The van der Waals surface area contributed by atoms with Gasteiger partial charge >= 0.3 is 0 Å². The predicted octanol–water partition coefficient (Wildman–Crippen LogP) is 2.23. The minimum Gasteiger partial charge on any atom is -0.468 e. The zero-order valence-electron chi connectivity index (χ0n) is 14.4. The number of furan rings is 1. The first kappa shape index (κ1) is 20.5. The van der Waals surface area contributed by atoms with Crippen molar-refractivity contribution in [2.75, 3.05) is 25.1 Å². The summed E-state index contributed by atoms with van der Waals surface area (Å²) in [5.74, 6) is 1.29. The highest BCUT2D eigenvalue weighted by Crippen LogP contribution is 2.13. The molecular weight excluding hydrogens is 379 g/mol. The molecule has 142 valence electrons. The van der Waals surface area contributed by atoms with E-state index < -0.39 is 21.7 Å². The predicted molar refractivity (Wildman–Crippen MR) is 99.5 cm³/mol. The van der Waals surface area contributed by atoms with Gasteiger partial charge in [-0.25, -0.2) is 12.8 Å². The summed E-state index contributed by atoms with van der Waals surface area (Å²) in [6.45, 7) is -0.135. The van der Waals surface area contributed by atoms with Crippen molar-refractivity contribution >= 4 is 27.7 Å². The normalized spacial score (nSPS) is 11.7. The second kappa shape index (κ2) is 9.75. The molecule has 0 saturated heterocycles. The number of benzene rings is 1. The van der Waals surface area contributed by atoms with Crippen molar-refractivity contribution in [1.82, 2.24) is 9.62 Å². The Bertz CT molecular complexity index is 810. The lowest BCUT2D eigenvalue weighted by atomic mass is 10.2. The van der Waals surface area contributed by atoms with E-state index in [1.54, 1.807) is 24.1 Å². The standard InChI is InChI=1S/C17H21FN2O4S2/c1-26(22,23)20(11-14-5-2-3-7-16(14)18)12-17(21)19-8-10-25-13-15-6-4-9-24-15/h2-7,9H,8,10-13H2,1H3,(H,19,21). The molecule has 1 N–H and O–H groups in total. The number of thioether (sulfide) groups is 1. The second-order valence-corrected chi connectivity index (χ2v) is 8.69. The van der Waals surface area contributed by atoms with Crippen LogP contribution in [0.3, 0.4) is 0 Å². The SMILES string of the molecule is CS(=O)(=O)N(CC(=O)NCCSCc1ccco1)Cc1ccccc1F. The van der Waals surface area contributed by atoms with Gasteiger partial charge in [0.1, 0.15) is 11.6 Å². The van der Waals surface area contributed by atoms with Crippen LogP contribution in [0.5, 0.6) is 0 Å². The zero-order chi connectivity index (χ0) is 19.0. The van der Waals surface area contributed by atoms with Crippen LogP contribution in [0.4, 0.5) is 4.39 Å². The molecule has 0 atom stereocenters. The minimum absolute atomic E-state index is 0.188. The van der Waals surface area contributed by atoms with E-state index in [9.17, 15) is 17.6 Å². The van der Waals surface area contributed by atoms with Crippen LogP contribution in [0.1, 0.15) is 11.3 Å². The Balaban J connectivity index is 1.80. The summed E-state index contributed by atoms with van der Waals surface area (Å²) in [4.78, 5) is 12.0. The van der Waals surface area contributed by atoms with Gasteiger partial charge in [0.15, 0.2) is 0 Å². The fourth-order valence-electron chi connectivity index (χ4n) is 2.15. The summed E-state index contributed by atoms with van der Waals surface area (Å²) in [6, 6.07) is 9.58. The summed E-state index contributed by atoms with van der Waals surface area (Å²) in [5.41, 5.74) is 0.222. The fourth-order valence-corrected chi connectivity index (χ4v) is 3.63. The van der Waals surface area contributed by atoms with Crippen molar-refractivity contribution < 1.29 is 22.0 Å². The van der Waals surface area contributed by atoms with E-state index in [4.69, 9.17) is 4.42 Å². The van der Waals surface area contributed by atoms with E-state index in [2.05, 4.69) is 5.32 Å². The Hall–Kier alpha value is -1.84. The first-order chi connectivity index (χ1) is 12.4. The second-order valence-electron chi connectivity index (χ2n) is 5.60. The molecule has 0 fully saturated rings. The molecule has 0 bridgehead atoms. The number of hydrogen-bond acceptors (Lipinski definition) is 5. The minimum atomic E-state index is -3.65. The van der Waals surface area contributed by atoms with Crippen LogP contribution in [0, 0.1) is 5.82 Å². The van der Waals surface area contributed by atoms with Gasteiger partial charge in [0.2, 0.25) is 15.9 Å². The third-order valence-electron chi connectivity index (χ3n) is 3.49. The molecule has 2 aromatic rings. The monoisotopic (exact) mass is 400 g/mol. The maximum Gasteiger partial charge on any atom is 0.235 e. The lowest BCUT2D eigenvalue weighted by molar-refractivity contribution is -0.121. The molecule has 9 heteroatoms. The van der Waals surface area contributed by atoms with Crippen LogP contribution in [0.2, 0.25) is 0 Å². The van der Waals surface area contributed by atoms with E-state index in [-0.39, 0.29) is 18.7 Å². The number of carbonyl (C=O) groups excluding carboxylic acids is 1. The van der Waals surface area contributed by atoms with Gasteiger partial charge in [-0.3, -0.25) is 4.79 Å². The lowest BCUT2D eigenvalue weighted by Crippen LogP contribution is -2.40. The van der Waals surface area contributed by atoms with Crippen LogP contribution >= 0.6 is 11.8 Å². The van der Waals surface area contributed by atoms with Crippen LogP contribution in [-0.2, 0) is 27.1 Å². The van der Waals surface area contributed by atoms with E-state index in [0.29, 0.717) is 18.1 Å². The number of halogens is 1. The van der Waals surface area contributed by atoms with Gasteiger partial charge in [-0.05, 0) is 18.2 Å². The summed E-state index contributed by atoms with van der Waals surface area (Å²) >= 11 is 1.59. The number of hydrogen-bond donors (Lipinski definition) is 1. The fraction of sp³-hybridized carbons (Fsp3) is 0.353. The van der Waals surface area contributed by atoms with Crippen LogP contribution in [0.15, 0.2) is 47.1 Å². The van der Waals surface area contributed by atoms with E-state index >= 15 is 0 Å². The number of nitrogens with one attached hydrogen (secondary N) is 1. The van der Waals surface area contributed by atoms with Crippen molar-refractivity contribution in [3.05, 3.63) is 59.8 Å². The van der Waals surface area contributed by atoms with Gasteiger partial charge in [0, 0.05) is 24.4 Å². The van der Waals surface area contributed by atoms with E-state index in [1.807, 2.05) is 12.1 Å². The van der Waals surface area contributed by atoms with Gasteiger partial charge in [0.25, 0.3) is 0 Å². The zero-order valence-corrected chi connectivity index (χ0v) is 16.0. The number of rotatable bonds is 10. The molecule has 0 aliphatic carbocycles. The Labute approximate surface area is 156 Å². The molecule has 0 saturated carbocycles. The molecule has 1 heterocycles. The third kappa shape index (κ3) is 6.81.